The number of aryl methyl sites for hydroxylation is 1. The summed E-state index contributed by atoms with van der Waals surface area (Å²) in [5.74, 6) is 0. The van der Waals surface area contributed by atoms with Gasteiger partial charge in [-0.05, 0) is 31.7 Å². The quantitative estimate of drug-likeness (QED) is 0.769. The number of aromatic nitrogens is 2. The van der Waals surface area contributed by atoms with Crippen molar-refractivity contribution in [3.05, 3.63) is 42.0 Å². The fourth-order valence-electron chi connectivity index (χ4n) is 1.69. The Morgan fingerprint density at radius 1 is 1.32 bits per heavy atom. The van der Waals surface area contributed by atoms with E-state index in [4.69, 9.17) is 0 Å². The Morgan fingerprint density at radius 2 is 2.11 bits per heavy atom. The van der Waals surface area contributed by atoms with Gasteiger partial charge in [-0.15, -0.1) is 0 Å². The third-order valence-electron chi connectivity index (χ3n) is 2.52. The van der Waals surface area contributed by atoms with Crippen molar-refractivity contribution in [1.82, 2.24) is 15.3 Å². The molecule has 0 atom stereocenters. The first-order chi connectivity index (χ1) is 9.01. The summed E-state index contributed by atoms with van der Waals surface area (Å²) in [5, 5.41) is 2.95. The Balaban J connectivity index is 2.22. The summed E-state index contributed by atoms with van der Waals surface area (Å²) in [7, 11) is -1.78. The molecule has 0 aromatic carbocycles. The lowest BCUT2D eigenvalue weighted by molar-refractivity contribution is 0.601. The van der Waals surface area contributed by atoms with E-state index in [2.05, 4.69) is 20.0 Å². The van der Waals surface area contributed by atoms with E-state index < -0.39 is 10.0 Å². The molecule has 6 nitrogen and oxygen atoms in total. The molecular formula is C12H16N4O2S. The number of aromatic amines is 1. The van der Waals surface area contributed by atoms with Gasteiger partial charge >= 0.3 is 0 Å². The van der Waals surface area contributed by atoms with Crippen LogP contribution in [0, 0.1) is 6.92 Å². The van der Waals surface area contributed by atoms with Gasteiger partial charge in [0.25, 0.3) is 10.0 Å². The average Bonchev–Trinajstić information content (AvgIpc) is 2.78. The van der Waals surface area contributed by atoms with Gasteiger partial charge < -0.3 is 10.3 Å². The largest absolute Gasteiger partial charge is 0.363 e. The summed E-state index contributed by atoms with van der Waals surface area (Å²) in [4.78, 5) is 7.07. The van der Waals surface area contributed by atoms with Crippen LogP contribution in [-0.4, -0.2) is 25.4 Å². The SMILES string of the molecule is CNCc1cc(S(=O)(=O)Nc2cncc(C)c2)c[nH]1. The van der Waals surface area contributed by atoms with E-state index >= 15 is 0 Å². The number of hydrogen-bond donors (Lipinski definition) is 3. The van der Waals surface area contributed by atoms with Crippen LogP contribution in [0.5, 0.6) is 0 Å². The Morgan fingerprint density at radius 3 is 2.79 bits per heavy atom. The van der Waals surface area contributed by atoms with Crippen molar-refractivity contribution in [2.24, 2.45) is 0 Å². The van der Waals surface area contributed by atoms with Gasteiger partial charge in [0.1, 0.15) is 4.90 Å². The maximum Gasteiger partial charge on any atom is 0.263 e. The van der Waals surface area contributed by atoms with Gasteiger partial charge in [0.2, 0.25) is 0 Å². The van der Waals surface area contributed by atoms with E-state index in [1.165, 1.54) is 12.4 Å². The minimum Gasteiger partial charge on any atom is -0.363 e. The molecule has 2 aromatic heterocycles. The zero-order valence-corrected chi connectivity index (χ0v) is 11.6. The highest BCUT2D eigenvalue weighted by molar-refractivity contribution is 7.92. The van der Waals surface area contributed by atoms with Gasteiger partial charge in [0, 0.05) is 24.6 Å². The minimum atomic E-state index is -3.58. The van der Waals surface area contributed by atoms with Crippen LogP contribution in [0.3, 0.4) is 0 Å². The van der Waals surface area contributed by atoms with Crippen LogP contribution in [-0.2, 0) is 16.6 Å². The molecule has 7 heteroatoms. The fourth-order valence-corrected chi connectivity index (χ4v) is 2.74. The Hall–Kier alpha value is -1.86. The van der Waals surface area contributed by atoms with Crippen molar-refractivity contribution in [3.8, 4) is 0 Å². The third kappa shape index (κ3) is 3.33. The highest BCUT2D eigenvalue weighted by Crippen LogP contribution is 2.16. The van der Waals surface area contributed by atoms with Crippen molar-refractivity contribution in [2.45, 2.75) is 18.4 Å². The molecule has 0 aliphatic carbocycles. The molecule has 3 N–H and O–H groups in total. The van der Waals surface area contributed by atoms with Crippen LogP contribution in [0.4, 0.5) is 5.69 Å². The molecule has 0 saturated carbocycles. The first-order valence-corrected chi connectivity index (χ1v) is 7.26. The van der Waals surface area contributed by atoms with Crippen LogP contribution in [0.15, 0.2) is 35.6 Å². The van der Waals surface area contributed by atoms with Crippen LogP contribution in [0.25, 0.3) is 0 Å². The highest BCUT2D eigenvalue weighted by atomic mass is 32.2. The Labute approximate surface area is 112 Å². The summed E-state index contributed by atoms with van der Waals surface area (Å²) >= 11 is 0. The third-order valence-corrected chi connectivity index (χ3v) is 3.88. The van der Waals surface area contributed by atoms with Crippen LogP contribution in [0.1, 0.15) is 11.3 Å². The first-order valence-electron chi connectivity index (χ1n) is 5.77. The molecule has 0 aliphatic heterocycles. The molecule has 0 radical (unpaired) electrons. The van der Waals surface area contributed by atoms with Crippen molar-refractivity contribution in [1.29, 1.82) is 0 Å². The monoisotopic (exact) mass is 280 g/mol. The predicted molar refractivity (Wildman–Crippen MR) is 73.3 cm³/mol. The molecule has 2 aromatic rings. The molecule has 0 amide bonds. The van der Waals surface area contributed by atoms with E-state index in [1.54, 1.807) is 25.4 Å². The van der Waals surface area contributed by atoms with Gasteiger partial charge in [0.15, 0.2) is 0 Å². The second-order valence-corrected chi connectivity index (χ2v) is 5.93. The maximum absolute atomic E-state index is 12.2. The van der Waals surface area contributed by atoms with Crippen LogP contribution < -0.4 is 10.0 Å². The van der Waals surface area contributed by atoms with Crippen molar-refractivity contribution >= 4 is 15.7 Å². The molecule has 2 heterocycles. The number of anilines is 1. The highest BCUT2D eigenvalue weighted by Gasteiger charge is 2.16. The second-order valence-electron chi connectivity index (χ2n) is 4.25. The number of sulfonamides is 1. The fraction of sp³-hybridized carbons (Fsp3) is 0.250. The minimum absolute atomic E-state index is 0.208. The molecule has 19 heavy (non-hydrogen) atoms. The smallest absolute Gasteiger partial charge is 0.263 e. The van der Waals surface area contributed by atoms with Crippen LogP contribution in [0.2, 0.25) is 0 Å². The molecule has 0 unspecified atom stereocenters. The number of nitrogens with one attached hydrogen (secondary N) is 3. The number of hydrogen-bond acceptors (Lipinski definition) is 4. The number of pyridine rings is 1. The van der Waals surface area contributed by atoms with Gasteiger partial charge in [-0.2, -0.15) is 0 Å². The molecular weight excluding hydrogens is 264 g/mol. The molecule has 0 fully saturated rings. The summed E-state index contributed by atoms with van der Waals surface area (Å²) in [5.41, 5.74) is 2.16. The standard InChI is InChI=1S/C12H16N4O2S/c1-9-3-11(7-14-5-9)16-19(17,18)12-4-10(6-13-2)15-8-12/h3-5,7-8,13,15-16H,6H2,1-2H3. The number of rotatable bonds is 5. The van der Waals surface area contributed by atoms with E-state index in [9.17, 15) is 8.42 Å². The first kappa shape index (κ1) is 13.6. The van der Waals surface area contributed by atoms with Crippen molar-refractivity contribution in [2.75, 3.05) is 11.8 Å². The summed E-state index contributed by atoms with van der Waals surface area (Å²) in [6.07, 6.45) is 4.61. The van der Waals surface area contributed by atoms with Gasteiger partial charge in [0.05, 0.1) is 11.9 Å². The second kappa shape index (κ2) is 5.41. The Kier molecular flexibility index (Phi) is 3.87. The molecule has 0 spiro atoms. The molecule has 0 bridgehead atoms. The zero-order valence-electron chi connectivity index (χ0n) is 10.8. The average molecular weight is 280 g/mol. The van der Waals surface area contributed by atoms with Gasteiger partial charge in [-0.25, -0.2) is 8.42 Å². The van der Waals surface area contributed by atoms with Crippen LogP contribution >= 0.6 is 0 Å². The topological polar surface area (TPSA) is 86.9 Å². The molecule has 0 saturated heterocycles. The van der Waals surface area contributed by atoms with E-state index in [-0.39, 0.29) is 4.90 Å². The lowest BCUT2D eigenvalue weighted by Crippen LogP contribution is -2.12. The predicted octanol–water partition coefficient (Wildman–Crippen LogP) is 1.24. The number of nitrogens with zero attached hydrogens (tertiary/aromatic N) is 1. The normalized spacial score (nSPS) is 11.5. The lowest BCUT2D eigenvalue weighted by Gasteiger charge is -2.06. The van der Waals surface area contributed by atoms with Gasteiger partial charge in [-0.3, -0.25) is 9.71 Å². The summed E-state index contributed by atoms with van der Waals surface area (Å²) < 4.78 is 26.8. The van der Waals surface area contributed by atoms with Gasteiger partial charge in [-0.1, -0.05) is 0 Å². The Bertz CT molecular complexity index is 664. The summed E-state index contributed by atoms with van der Waals surface area (Å²) in [6, 6.07) is 3.33. The molecule has 2 rings (SSSR count). The summed E-state index contributed by atoms with van der Waals surface area (Å²) in [6.45, 7) is 2.44. The molecule has 102 valence electrons. The van der Waals surface area contributed by atoms with E-state index in [0.29, 0.717) is 12.2 Å². The van der Waals surface area contributed by atoms with E-state index in [1.807, 2.05) is 6.92 Å². The van der Waals surface area contributed by atoms with Crippen molar-refractivity contribution in [3.63, 3.8) is 0 Å². The van der Waals surface area contributed by atoms with Crippen molar-refractivity contribution < 1.29 is 8.42 Å². The molecule has 0 aliphatic rings. The zero-order chi connectivity index (χ0) is 13.9. The van der Waals surface area contributed by atoms with E-state index in [0.717, 1.165) is 11.3 Å². The number of H-pyrrole nitrogens is 1. The maximum atomic E-state index is 12.2. The lowest BCUT2D eigenvalue weighted by atomic mass is 10.3.